The zero-order chi connectivity index (χ0) is 15.6. The van der Waals surface area contributed by atoms with Crippen molar-refractivity contribution in [2.45, 2.75) is 26.2 Å². The highest BCUT2D eigenvalue weighted by Gasteiger charge is 2.29. The molecule has 1 N–H and O–H groups in total. The molecule has 0 radical (unpaired) electrons. The Hall–Kier alpha value is -1.49. The summed E-state index contributed by atoms with van der Waals surface area (Å²) in [6, 6.07) is 1.67. The van der Waals surface area contributed by atoms with E-state index in [2.05, 4.69) is 0 Å². The van der Waals surface area contributed by atoms with Gasteiger partial charge in [0.15, 0.2) is 0 Å². The Morgan fingerprint density at radius 2 is 2.24 bits per heavy atom. The highest BCUT2D eigenvalue weighted by molar-refractivity contribution is 6.31. The van der Waals surface area contributed by atoms with E-state index in [-0.39, 0.29) is 24.2 Å². The number of amides is 1. The molecule has 0 spiro atoms. The Morgan fingerprint density at radius 3 is 2.81 bits per heavy atom. The lowest BCUT2D eigenvalue weighted by atomic mass is 9.84. The first-order chi connectivity index (χ1) is 9.88. The molecular weight excluding hydrogens is 292 g/mol. The highest BCUT2D eigenvalue weighted by atomic mass is 35.5. The normalized spacial score (nSPS) is 20.3. The number of nitrogens with zero attached hydrogens (tertiary/aromatic N) is 2. The number of carboxylic acid groups (broad SMARTS) is 1. The molecule has 21 heavy (non-hydrogen) atoms. The van der Waals surface area contributed by atoms with Crippen LogP contribution in [-0.4, -0.2) is 39.5 Å². The molecule has 1 aromatic heterocycles. The van der Waals surface area contributed by atoms with Crippen molar-refractivity contribution in [2.75, 3.05) is 13.1 Å². The van der Waals surface area contributed by atoms with Gasteiger partial charge >= 0.3 is 5.97 Å². The van der Waals surface area contributed by atoms with Crippen LogP contribution in [0.4, 0.5) is 0 Å². The summed E-state index contributed by atoms with van der Waals surface area (Å²) < 4.78 is 1.73. The van der Waals surface area contributed by atoms with E-state index in [0.717, 1.165) is 19.4 Å². The van der Waals surface area contributed by atoms with Crippen molar-refractivity contribution < 1.29 is 14.7 Å². The molecule has 0 saturated carbocycles. The summed E-state index contributed by atoms with van der Waals surface area (Å²) in [7, 11) is 1.80. The van der Waals surface area contributed by atoms with E-state index in [0.29, 0.717) is 17.3 Å². The van der Waals surface area contributed by atoms with Crippen LogP contribution >= 0.6 is 11.6 Å². The Morgan fingerprint density at radius 1 is 1.52 bits per heavy atom. The molecule has 1 amide bonds. The maximum atomic E-state index is 12.6. The number of rotatable bonds is 4. The second-order valence-electron chi connectivity index (χ2n) is 5.88. The number of likely N-dealkylation sites (tertiary alicyclic amines) is 1. The monoisotopic (exact) mass is 312 g/mol. The van der Waals surface area contributed by atoms with E-state index in [9.17, 15) is 9.59 Å². The third-order valence-corrected chi connectivity index (χ3v) is 4.44. The number of aromatic nitrogens is 1. The first-order valence-corrected chi connectivity index (χ1v) is 7.59. The Kier molecular flexibility index (Phi) is 4.93. The number of piperidine rings is 1. The molecule has 0 bridgehead atoms. The average molecular weight is 313 g/mol. The lowest BCUT2D eigenvalue weighted by molar-refractivity contribution is -0.138. The fourth-order valence-corrected chi connectivity index (χ4v) is 3.25. The van der Waals surface area contributed by atoms with Crippen molar-refractivity contribution in [3.63, 3.8) is 0 Å². The quantitative estimate of drug-likeness (QED) is 0.929. The molecule has 0 aliphatic carbocycles. The van der Waals surface area contributed by atoms with E-state index in [1.165, 1.54) is 0 Å². The molecule has 1 aliphatic rings. The van der Waals surface area contributed by atoms with Crippen LogP contribution in [0.3, 0.4) is 0 Å². The lowest BCUT2D eigenvalue weighted by Gasteiger charge is -2.35. The van der Waals surface area contributed by atoms with Crippen molar-refractivity contribution in [2.24, 2.45) is 18.9 Å². The van der Waals surface area contributed by atoms with Crippen LogP contribution in [0.1, 0.15) is 36.7 Å². The molecule has 1 saturated heterocycles. The minimum absolute atomic E-state index is 0.0309. The number of aliphatic carboxylic acids is 1. The molecule has 1 fully saturated rings. The van der Waals surface area contributed by atoms with Crippen LogP contribution in [0.2, 0.25) is 5.02 Å². The zero-order valence-corrected chi connectivity index (χ0v) is 13.1. The maximum Gasteiger partial charge on any atom is 0.303 e. The highest BCUT2D eigenvalue weighted by Crippen LogP contribution is 2.27. The topological polar surface area (TPSA) is 62.5 Å². The largest absolute Gasteiger partial charge is 0.481 e. The van der Waals surface area contributed by atoms with Crippen molar-refractivity contribution in [1.82, 2.24) is 9.47 Å². The van der Waals surface area contributed by atoms with Gasteiger partial charge in [-0.1, -0.05) is 18.5 Å². The Bertz CT molecular complexity index is 541. The van der Waals surface area contributed by atoms with E-state index < -0.39 is 5.97 Å². The minimum Gasteiger partial charge on any atom is -0.481 e. The summed E-state index contributed by atoms with van der Waals surface area (Å²) in [5.41, 5.74) is 0.575. The van der Waals surface area contributed by atoms with Gasteiger partial charge in [0, 0.05) is 32.8 Å². The van der Waals surface area contributed by atoms with Crippen LogP contribution in [0, 0.1) is 11.8 Å². The number of hydrogen-bond donors (Lipinski definition) is 1. The molecule has 1 aliphatic heterocycles. The van der Waals surface area contributed by atoms with Crippen molar-refractivity contribution in [1.29, 1.82) is 0 Å². The molecule has 1 aromatic rings. The number of halogens is 1. The first kappa shape index (κ1) is 15.9. The smallest absolute Gasteiger partial charge is 0.303 e. The third kappa shape index (κ3) is 3.79. The van der Waals surface area contributed by atoms with Gasteiger partial charge in [-0.25, -0.2) is 0 Å². The van der Waals surface area contributed by atoms with Crippen molar-refractivity contribution in [3.8, 4) is 0 Å². The summed E-state index contributed by atoms with van der Waals surface area (Å²) in [4.78, 5) is 25.2. The van der Waals surface area contributed by atoms with Gasteiger partial charge in [-0.2, -0.15) is 0 Å². The Labute approximate surface area is 129 Å². The van der Waals surface area contributed by atoms with Gasteiger partial charge in [0.25, 0.3) is 5.91 Å². The van der Waals surface area contributed by atoms with Gasteiger partial charge in [0.2, 0.25) is 0 Å². The molecule has 2 rings (SSSR count). The predicted molar refractivity (Wildman–Crippen MR) is 80.5 cm³/mol. The second-order valence-corrected chi connectivity index (χ2v) is 6.32. The summed E-state index contributed by atoms with van der Waals surface area (Å²) in [5, 5.41) is 9.46. The summed E-state index contributed by atoms with van der Waals surface area (Å²) in [6.07, 6.45) is 3.76. The van der Waals surface area contributed by atoms with Crippen molar-refractivity contribution in [3.05, 3.63) is 23.0 Å². The molecule has 6 heteroatoms. The van der Waals surface area contributed by atoms with Crippen molar-refractivity contribution >= 4 is 23.5 Å². The predicted octanol–water partition coefficient (Wildman–Crippen LogP) is 2.64. The number of hydrogen-bond acceptors (Lipinski definition) is 2. The lowest BCUT2D eigenvalue weighted by Crippen LogP contribution is -2.42. The van der Waals surface area contributed by atoms with Gasteiger partial charge in [-0.05, 0) is 30.7 Å². The zero-order valence-electron chi connectivity index (χ0n) is 12.4. The fraction of sp³-hybridized carbons (Fsp3) is 0.600. The summed E-state index contributed by atoms with van der Waals surface area (Å²) in [6.45, 7) is 3.29. The van der Waals surface area contributed by atoms with Gasteiger partial charge in [0.1, 0.15) is 5.69 Å². The van der Waals surface area contributed by atoms with Crippen LogP contribution in [0.5, 0.6) is 0 Å². The molecular formula is C15H21ClN2O3. The van der Waals surface area contributed by atoms with E-state index in [4.69, 9.17) is 16.7 Å². The fourth-order valence-electron chi connectivity index (χ4n) is 3.00. The molecule has 2 heterocycles. The molecule has 2 unspecified atom stereocenters. The van der Waals surface area contributed by atoms with Gasteiger partial charge in [0.05, 0.1) is 5.02 Å². The molecule has 2 atom stereocenters. The van der Waals surface area contributed by atoms with E-state index >= 15 is 0 Å². The van der Waals surface area contributed by atoms with Gasteiger partial charge < -0.3 is 14.6 Å². The SMILES string of the molecule is CC(CC(=O)O)C1CCCN(C(=O)c2cc(Cl)cn2C)C1. The maximum absolute atomic E-state index is 12.6. The molecule has 5 nitrogen and oxygen atoms in total. The number of carboxylic acids is 1. The van der Waals surface area contributed by atoms with Crippen LogP contribution in [0.25, 0.3) is 0 Å². The van der Waals surface area contributed by atoms with Crippen LogP contribution in [-0.2, 0) is 11.8 Å². The first-order valence-electron chi connectivity index (χ1n) is 7.21. The van der Waals surface area contributed by atoms with E-state index in [1.54, 1.807) is 23.9 Å². The molecule has 116 valence electrons. The van der Waals surface area contributed by atoms with Crippen LogP contribution in [0.15, 0.2) is 12.3 Å². The van der Waals surface area contributed by atoms with Gasteiger partial charge in [-0.15, -0.1) is 0 Å². The standard InChI is InChI=1S/C15H21ClN2O3/c1-10(6-14(19)20)11-4-3-5-18(8-11)15(21)13-7-12(16)9-17(13)2/h7,9-11H,3-6,8H2,1-2H3,(H,19,20). The van der Waals surface area contributed by atoms with Gasteiger partial charge in [-0.3, -0.25) is 9.59 Å². The van der Waals surface area contributed by atoms with E-state index in [1.807, 2.05) is 11.8 Å². The van der Waals surface area contributed by atoms with Crippen LogP contribution < -0.4 is 0 Å². The summed E-state index contributed by atoms with van der Waals surface area (Å²) in [5.74, 6) is -0.485. The summed E-state index contributed by atoms with van der Waals surface area (Å²) >= 11 is 5.93. The second kappa shape index (κ2) is 6.52. The number of carbonyl (C=O) groups excluding carboxylic acids is 1. The Balaban J connectivity index is 2.05. The number of carbonyl (C=O) groups is 2. The minimum atomic E-state index is -0.778. The average Bonchev–Trinajstić information content (AvgIpc) is 2.76. The molecule has 0 aromatic carbocycles. The third-order valence-electron chi connectivity index (χ3n) is 4.24. The number of aryl methyl sites for hydroxylation is 1.